The zero-order chi connectivity index (χ0) is 76.9. The smallest absolute Gasteiger partial charge is 0.412 e. The fourth-order valence-electron chi connectivity index (χ4n) is 8.93. The number of carboxylic acids is 1. The first-order valence-electron chi connectivity index (χ1n) is 34.8. The van der Waals surface area contributed by atoms with E-state index in [1.54, 1.807) is 24.4 Å². The summed E-state index contributed by atoms with van der Waals surface area (Å²) in [5, 5.41) is 62.0. The van der Waals surface area contributed by atoms with Gasteiger partial charge in [-0.3, -0.25) is 28.8 Å². The highest BCUT2D eigenvalue weighted by atomic mass is 32.1. The van der Waals surface area contributed by atoms with Crippen molar-refractivity contribution < 1.29 is 130 Å². The molecule has 590 valence electrons. The van der Waals surface area contributed by atoms with Crippen molar-refractivity contribution in [2.24, 2.45) is 0 Å². The van der Waals surface area contributed by atoms with Gasteiger partial charge in [0.2, 0.25) is 17.5 Å². The lowest BCUT2D eigenvalue weighted by molar-refractivity contribution is -0.194. The summed E-state index contributed by atoms with van der Waals surface area (Å²) in [5.41, 5.74) is 2.36. The summed E-state index contributed by atoms with van der Waals surface area (Å²) in [6.45, 7) is 10.4. The molecule has 4 heterocycles. The van der Waals surface area contributed by atoms with E-state index in [0.29, 0.717) is 143 Å². The molecule has 4 aromatic rings. The Labute approximate surface area is 612 Å². The number of unbranched alkanes of at least 4 members (excludes halogenated alkanes) is 1. The topological polar surface area (TPSA) is 452 Å². The molecule has 35 heteroatoms. The van der Waals surface area contributed by atoms with Gasteiger partial charge >= 0.3 is 30.0 Å². The molecule has 1 aliphatic rings. The molecule has 8 atom stereocenters. The molecule has 0 saturated carbocycles. The number of hydrogen-bond donors (Lipinski definition) is 10. The van der Waals surface area contributed by atoms with Crippen molar-refractivity contribution >= 4 is 82.4 Å². The fourth-order valence-corrected chi connectivity index (χ4v) is 9.04. The lowest BCUT2D eigenvalue weighted by Crippen LogP contribution is -2.37. The fraction of sp³-hybridized carbons (Fsp3) is 0.681. The number of carbonyl (C=O) groups excluding carboxylic acids is 6. The normalized spacial score (nSPS) is 14.2. The standard InChI is InChI=1S/C36H46N6O10.C14H27NO6S.C12H22O7.C7H16O4/c1-3-25(22-43)50-30(47-2)23-49-29(45)13-7-12-28(44)37-14-4-5-15-39-36(46)51-26-10-6-9-24(21-26)33-40-31-27-11-8-16-38-35(27)52-32(31)34(41-33)42-17-19-48-20-18-42;1-3-11(9-16)21-14(19-2)10-20-13(18)6-4-5-12(17)15-7-8-22;1-3-9(7-13)19-12(17-2)8-18-11(16)6-4-5-10(14)15;1-3-6(4-8)11-7(5-9)10-2/h6,8-11,16,21,25,30,43H,3-5,7,12-15,17-20,22-23H2,1-2H3,(H,37,44)(H,39,46);11,14,16,22H,3-10H2,1-2H3,(H,15,17);9,12-13H,3-8H2,1-2H3,(H,14,15);6-9H,3-5H2,1-2H3. The van der Waals surface area contributed by atoms with E-state index in [-0.39, 0.29) is 128 Å². The number of methoxy groups -OCH3 is 4. The first kappa shape index (κ1) is 93.0. The number of benzene rings is 1. The highest BCUT2D eigenvalue weighted by Gasteiger charge is 2.25. The van der Waals surface area contributed by atoms with E-state index in [2.05, 4.69) is 38.5 Å². The average molecular weight is 1500 g/mol. The molecule has 0 spiro atoms. The molecule has 3 amide bonds. The highest BCUT2D eigenvalue weighted by molar-refractivity contribution is 7.80. The van der Waals surface area contributed by atoms with Gasteiger partial charge in [-0.1, -0.05) is 39.8 Å². The van der Waals surface area contributed by atoms with E-state index < -0.39 is 61.2 Å². The number of nitrogens with zero attached hydrogens (tertiary/aromatic N) is 4. The van der Waals surface area contributed by atoms with Crippen LogP contribution >= 0.6 is 12.6 Å². The van der Waals surface area contributed by atoms with Gasteiger partial charge < -0.3 is 117 Å². The van der Waals surface area contributed by atoms with Crippen LogP contribution in [0.3, 0.4) is 0 Å². The summed E-state index contributed by atoms with van der Waals surface area (Å²) in [5.74, 6) is -0.566. The van der Waals surface area contributed by atoms with Crippen LogP contribution in [-0.4, -0.2) is 270 Å². The van der Waals surface area contributed by atoms with Crippen LogP contribution in [-0.2, 0) is 85.6 Å². The Morgan fingerprint density at radius 1 is 0.558 bits per heavy atom. The number of pyridine rings is 1. The zero-order valence-electron chi connectivity index (χ0n) is 61.1. The number of aliphatic hydroxyl groups is 5. The Bertz CT molecular complexity index is 2990. The van der Waals surface area contributed by atoms with E-state index in [9.17, 15) is 38.7 Å². The van der Waals surface area contributed by atoms with Crippen LogP contribution in [0.2, 0.25) is 0 Å². The molecule has 9 N–H and O–H groups in total. The Balaban J connectivity index is 0.000000578. The minimum Gasteiger partial charge on any atom is -0.481 e. The number of thiol groups is 1. The molecule has 1 fully saturated rings. The van der Waals surface area contributed by atoms with Crippen molar-refractivity contribution in [3.8, 4) is 17.1 Å². The van der Waals surface area contributed by atoms with Crippen molar-refractivity contribution in [2.75, 3.05) is 138 Å². The first-order chi connectivity index (χ1) is 50.2. The SMILES string of the molecule is CCC(CO)OC(CO)OC.CCC(CO)OC(COC(=O)CCCC(=O)NCCCCNC(=O)Oc1cccc(-c2nc(N3CCOCC3)c3oc4ncccc4c3n2)c1)OC.CCC(CO)OC(COC(=O)CCCC(=O)NCCS)OC.CCC(CO)OC(COC(=O)CCCC(=O)O)OC. The number of morpholine rings is 1. The third-order valence-electron chi connectivity index (χ3n) is 15.0. The van der Waals surface area contributed by atoms with Crippen LogP contribution in [0.15, 0.2) is 47.0 Å². The predicted octanol–water partition coefficient (Wildman–Crippen LogP) is 4.52. The molecule has 0 bridgehead atoms. The predicted molar refractivity (Wildman–Crippen MR) is 380 cm³/mol. The number of aliphatic carboxylic acids is 1. The average Bonchev–Trinajstić information content (AvgIpc) is 1.60. The Morgan fingerprint density at radius 3 is 1.46 bits per heavy atom. The number of ether oxygens (including phenoxy) is 13. The molecular formula is C69H111N7O27S. The molecule has 34 nitrogen and oxygen atoms in total. The lowest BCUT2D eigenvalue weighted by atomic mass is 10.2. The van der Waals surface area contributed by atoms with Gasteiger partial charge in [0.1, 0.15) is 31.1 Å². The number of furan rings is 1. The summed E-state index contributed by atoms with van der Waals surface area (Å²) in [4.78, 5) is 97.3. The van der Waals surface area contributed by atoms with Gasteiger partial charge in [-0.15, -0.1) is 0 Å². The van der Waals surface area contributed by atoms with E-state index in [1.165, 1.54) is 28.4 Å². The molecule has 5 rings (SSSR count). The molecular weight excluding hydrogens is 1390 g/mol. The number of hydrogen-bond acceptors (Lipinski definition) is 31. The Kier molecular flexibility index (Phi) is 51.2. The van der Waals surface area contributed by atoms with Crippen molar-refractivity contribution in [3.63, 3.8) is 0 Å². The molecule has 1 aromatic carbocycles. The number of nitrogens with one attached hydrogen (secondary N) is 3. The van der Waals surface area contributed by atoms with Gasteiger partial charge in [-0.25, -0.2) is 19.7 Å². The van der Waals surface area contributed by atoms with Gasteiger partial charge in [0.15, 0.2) is 42.4 Å². The molecule has 0 radical (unpaired) electrons. The van der Waals surface area contributed by atoms with Crippen LogP contribution in [0.1, 0.15) is 124 Å². The number of esters is 3. The summed E-state index contributed by atoms with van der Waals surface area (Å²) in [7, 11) is 5.73. The summed E-state index contributed by atoms with van der Waals surface area (Å²) in [6, 6.07) is 10.8. The molecule has 3 aromatic heterocycles. The van der Waals surface area contributed by atoms with Gasteiger partial charge in [-0.2, -0.15) is 12.6 Å². The molecule has 104 heavy (non-hydrogen) atoms. The van der Waals surface area contributed by atoms with Gasteiger partial charge in [-0.05, 0) is 82.1 Å². The van der Waals surface area contributed by atoms with Crippen LogP contribution < -0.4 is 25.6 Å². The number of anilines is 1. The molecule has 1 saturated heterocycles. The second-order valence-electron chi connectivity index (χ2n) is 22.8. The summed E-state index contributed by atoms with van der Waals surface area (Å²) >= 11 is 3.98. The quantitative estimate of drug-likeness (QED) is 0.00955. The molecule has 1 aliphatic heterocycles. The van der Waals surface area contributed by atoms with E-state index in [1.807, 2.05) is 45.9 Å². The van der Waals surface area contributed by atoms with Crippen LogP contribution in [0.4, 0.5) is 10.6 Å². The lowest BCUT2D eigenvalue weighted by Gasteiger charge is -2.27. The van der Waals surface area contributed by atoms with Gasteiger partial charge in [0.05, 0.1) is 76.1 Å². The van der Waals surface area contributed by atoms with Crippen LogP contribution in [0, 0.1) is 0 Å². The van der Waals surface area contributed by atoms with Gasteiger partial charge in [0.25, 0.3) is 0 Å². The number of aromatic nitrogens is 3. The first-order valence-corrected chi connectivity index (χ1v) is 35.4. The number of fused-ring (bicyclic) bond motifs is 3. The number of aliphatic hydroxyl groups excluding tert-OH is 5. The van der Waals surface area contributed by atoms with Crippen molar-refractivity contribution in [1.29, 1.82) is 0 Å². The number of rotatable bonds is 49. The van der Waals surface area contributed by atoms with E-state index >= 15 is 0 Å². The zero-order valence-corrected chi connectivity index (χ0v) is 62.0. The largest absolute Gasteiger partial charge is 0.481 e. The maximum absolute atomic E-state index is 12.6. The third kappa shape index (κ3) is 39.3. The Hall–Kier alpha value is -7.07. The number of carbonyl (C=O) groups is 7. The highest BCUT2D eigenvalue weighted by Crippen LogP contribution is 2.35. The summed E-state index contributed by atoms with van der Waals surface area (Å²) in [6.07, 6.45) is 2.31. The molecule has 0 aliphatic carbocycles. The minimum absolute atomic E-state index is 0.0416. The number of carboxylic acid groups (broad SMARTS) is 1. The molecule has 8 unspecified atom stereocenters. The van der Waals surface area contributed by atoms with Gasteiger partial charge in [0, 0.05) is 117 Å². The minimum atomic E-state index is -0.945. The van der Waals surface area contributed by atoms with E-state index in [0.717, 1.165) is 5.39 Å². The maximum atomic E-state index is 12.6. The van der Waals surface area contributed by atoms with Crippen molar-refractivity contribution in [2.45, 2.75) is 174 Å². The summed E-state index contributed by atoms with van der Waals surface area (Å²) < 4.78 is 73.6. The Morgan fingerprint density at radius 2 is 1.02 bits per heavy atom. The second-order valence-corrected chi connectivity index (χ2v) is 23.3. The van der Waals surface area contributed by atoms with Crippen LogP contribution in [0.25, 0.3) is 33.6 Å². The third-order valence-corrected chi connectivity index (χ3v) is 15.2. The van der Waals surface area contributed by atoms with Crippen LogP contribution in [0.5, 0.6) is 5.75 Å². The van der Waals surface area contributed by atoms with Crippen molar-refractivity contribution in [3.05, 3.63) is 42.6 Å². The maximum Gasteiger partial charge on any atom is 0.412 e. The van der Waals surface area contributed by atoms with Crippen molar-refractivity contribution in [1.82, 2.24) is 30.9 Å². The second kappa shape index (κ2) is 57.2. The number of amides is 3. The van der Waals surface area contributed by atoms with E-state index in [4.69, 9.17) is 101 Å². The monoisotopic (exact) mass is 1500 g/mol.